The van der Waals surface area contributed by atoms with Crippen molar-refractivity contribution < 1.29 is 0 Å². The minimum atomic E-state index is 0.425. The number of nitrogens with one attached hydrogen (secondary N) is 1. The first-order valence-corrected chi connectivity index (χ1v) is 9.10. The zero-order valence-electron chi connectivity index (χ0n) is 13.5. The lowest BCUT2D eigenvalue weighted by atomic mass is 9.90. The van der Waals surface area contributed by atoms with Gasteiger partial charge in [-0.3, -0.25) is 4.90 Å². The predicted octanol–water partition coefficient (Wildman–Crippen LogP) is 2.48. The summed E-state index contributed by atoms with van der Waals surface area (Å²) in [6.45, 7) is 2.35. The number of rotatable bonds is 4. The van der Waals surface area contributed by atoms with Crippen LogP contribution in [0.1, 0.15) is 50.0 Å². The van der Waals surface area contributed by atoms with Crippen LogP contribution in [0, 0.1) is 0 Å². The van der Waals surface area contributed by atoms with Gasteiger partial charge in [0.15, 0.2) is 0 Å². The Bertz CT molecular complexity index is 481. The average molecular weight is 299 g/mol. The molecule has 0 radical (unpaired) electrons. The average Bonchev–Trinajstić information content (AvgIpc) is 3.19. The van der Waals surface area contributed by atoms with E-state index in [1.54, 1.807) is 0 Å². The molecule has 3 heteroatoms. The van der Waals surface area contributed by atoms with E-state index in [4.69, 9.17) is 5.73 Å². The maximum Gasteiger partial charge on any atom is 0.0180 e. The minimum absolute atomic E-state index is 0.425. The summed E-state index contributed by atoms with van der Waals surface area (Å²) >= 11 is 0. The fourth-order valence-electron chi connectivity index (χ4n) is 4.51. The quantitative estimate of drug-likeness (QED) is 0.897. The Labute approximate surface area is 134 Å². The van der Waals surface area contributed by atoms with Crippen LogP contribution in [-0.2, 0) is 0 Å². The second-order valence-corrected chi connectivity index (χ2v) is 7.58. The molecule has 3 atom stereocenters. The number of nitrogens with zero attached hydrogens (tertiary/aromatic N) is 1. The smallest absolute Gasteiger partial charge is 0.0180 e. The van der Waals surface area contributed by atoms with Crippen LogP contribution in [0.2, 0.25) is 0 Å². The van der Waals surface area contributed by atoms with E-state index in [9.17, 15) is 0 Å². The molecule has 2 saturated carbocycles. The van der Waals surface area contributed by atoms with Crippen molar-refractivity contribution in [3.63, 3.8) is 0 Å². The number of hydrogen-bond acceptors (Lipinski definition) is 3. The van der Waals surface area contributed by atoms with Gasteiger partial charge < -0.3 is 11.1 Å². The van der Waals surface area contributed by atoms with E-state index in [1.807, 2.05) is 0 Å². The number of benzene rings is 1. The Morgan fingerprint density at radius 3 is 2.45 bits per heavy atom. The fraction of sp³-hybridized carbons (Fsp3) is 0.684. The van der Waals surface area contributed by atoms with Gasteiger partial charge in [-0.2, -0.15) is 0 Å². The van der Waals surface area contributed by atoms with Gasteiger partial charge in [0.25, 0.3) is 0 Å². The topological polar surface area (TPSA) is 41.3 Å². The molecule has 4 rings (SSSR count). The van der Waals surface area contributed by atoms with E-state index >= 15 is 0 Å². The van der Waals surface area contributed by atoms with E-state index in [1.165, 1.54) is 50.6 Å². The Hall–Kier alpha value is -0.900. The molecule has 1 aromatic carbocycles. The molecular weight excluding hydrogens is 270 g/mol. The van der Waals surface area contributed by atoms with Gasteiger partial charge in [0, 0.05) is 43.2 Å². The van der Waals surface area contributed by atoms with E-state index in [0.29, 0.717) is 6.04 Å². The number of hydrogen-bond donors (Lipinski definition) is 2. The van der Waals surface area contributed by atoms with Crippen molar-refractivity contribution in [1.29, 1.82) is 0 Å². The maximum absolute atomic E-state index is 6.05. The lowest BCUT2D eigenvalue weighted by Gasteiger charge is -2.35. The minimum Gasteiger partial charge on any atom is -0.326 e. The Morgan fingerprint density at radius 2 is 1.77 bits per heavy atom. The van der Waals surface area contributed by atoms with Gasteiger partial charge in [0.05, 0.1) is 0 Å². The SMILES string of the molecule is N[C@H]1CCN(C2CCC(N[C@H]3C[C@@H]3c3ccccc3)CC2)C1. The summed E-state index contributed by atoms with van der Waals surface area (Å²) in [5.41, 5.74) is 7.56. The molecular formula is C19H29N3. The number of nitrogens with two attached hydrogens (primary N) is 1. The number of likely N-dealkylation sites (tertiary alicyclic amines) is 1. The highest BCUT2D eigenvalue weighted by molar-refractivity contribution is 5.27. The van der Waals surface area contributed by atoms with E-state index in [0.717, 1.165) is 30.6 Å². The highest BCUT2D eigenvalue weighted by atomic mass is 15.2. The second kappa shape index (κ2) is 6.31. The van der Waals surface area contributed by atoms with Crippen LogP contribution in [0.3, 0.4) is 0 Å². The second-order valence-electron chi connectivity index (χ2n) is 7.58. The highest BCUT2D eigenvalue weighted by Gasteiger charge is 2.40. The molecule has 3 fully saturated rings. The molecule has 0 unspecified atom stereocenters. The summed E-state index contributed by atoms with van der Waals surface area (Å²) in [6.07, 6.45) is 7.91. The summed E-state index contributed by atoms with van der Waals surface area (Å²) in [4.78, 5) is 2.64. The summed E-state index contributed by atoms with van der Waals surface area (Å²) in [7, 11) is 0. The first-order valence-electron chi connectivity index (χ1n) is 9.10. The van der Waals surface area contributed by atoms with Crippen LogP contribution in [0.4, 0.5) is 0 Å². The summed E-state index contributed by atoms with van der Waals surface area (Å²) < 4.78 is 0. The molecule has 120 valence electrons. The first kappa shape index (κ1) is 14.7. The van der Waals surface area contributed by atoms with Gasteiger partial charge in [-0.25, -0.2) is 0 Å². The van der Waals surface area contributed by atoms with Gasteiger partial charge in [0.2, 0.25) is 0 Å². The van der Waals surface area contributed by atoms with Gasteiger partial charge in [-0.05, 0) is 44.1 Å². The van der Waals surface area contributed by atoms with Crippen molar-refractivity contribution in [2.75, 3.05) is 13.1 Å². The van der Waals surface area contributed by atoms with E-state index < -0.39 is 0 Å². The molecule has 1 aromatic rings. The molecule has 22 heavy (non-hydrogen) atoms. The highest BCUT2D eigenvalue weighted by Crippen LogP contribution is 2.41. The van der Waals surface area contributed by atoms with Gasteiger partial charge in [0.1, 0.15) is 0 Å². The van der Waals surface area contributed by atoms with Crippen molar-refractivity contribution in [3.05, 3.63) is 35.9 Å². The largest absolute Gasteiger partial charge is 0.326 e. The van der Waals surface area contributed by atoms with Crippen LogP contribution in [-0.4, -0.2) is 42.2 Å². The maximum atomic E-state index is 6.05. The van der Waals surface area contributed by atoms with Crippen LogP contribution in [0.25, 0.3) is 0 Å². The molecule has 0 amide bonds. The van der Waals surface area contributed by atoms with Crippen molar-refractivity contribution in [2.45, 2.75) is 68.6 Å². The van der Waals surface area contributed by atoms with Crippen LogP contribution in [0.15, 0.2) is 30.3 Å². The molecule has 1 heterocycles. The fourth-order valence-corrected chi connectivity index (χ4v) is 4.51. The van der Waals surface area contributed by atoms with Crippen molar-refractivity contribution in [1.82, 2.24) is 10.2 Å². The molecule has 3 nitrogen and oxygen atoms in total. The molecule has 3 N–H and O–H groups in total. The third kappa shape index (κ3) is 3.22. The molecule has 0 aromatic heterocycles. The third-order valence-corrected chi connectivity index (χ3v) is 5.94. The van der Waals surface area contributed by atoms with Gasteiger partial charge in [-0.15, -0.1) is 0 Å². The van der Waals surface area contributed by atoms with Crippen LogP contribution in [0.5, 0.6) is 0 Å². The predicted molar refractivity (Wildman–Crippen MR) is 90.9 cm³/mol. The zero-order chi connectivity index (χ0) is 14.9. The van der Waals surface area contributed by atoms with E-state index in [2.05, 4.69) is 40.5 Å². The van der Waals surface area contributed by atoms with Crippen molar-refractivity contribution >= 4 is 0 Å². The molecule has 0 bridgehead atoms. The van der Waals surface area contributed by atoms with Crippen molar-refractivity contribution in [3.8, 4) is 0 Å². The normalized spacial score (nSPS) is 39.0. The molecule has 3 aliphatic rings. The zero-order valence-corrected chi connectivity index (χ0v) is 13.5. The lowest BCUT2D eigenvalue weighted by molar-refractivity contribution is 0.171. The van der Waals surface area contributed by atoms with Crippen LogP contribution >= 0.6 is 0 Å². The lowest BCUT2D eigenvalue weighted by Crippen LogP contribution is -2.43. The van der Waals surface area contributed by atoms with Gasteiger partial charge >= 0.3 is 0 Å². The molecule has 1 aliphatic heterocycles. The first-order chi connectivity index (χ1) is 10.8. The summed E-state index contributed by atoms with van der Waals surface area (Å²) in [5, 5.41) is 3.92. The molecule has 2 aliphatic carbocycles. The summed E-state index contributed by atoms with van der Waals surface area (Å²) in [6, 6.07) is 13.7. The Balaban J connectivity index is 1.22. The summed E-state index contributed by atoms with van der Waals surface area (Å²) in [5.74, 6) is 0.760. The molecule has 1 saturated heterocycles. The van der Waals surface area contributed by atoms with Crippen LogP contribution < -0.4 is 11.1 Å². The Morgan fingerprint density at radius 1 is 1.00 bits per heavy atom. The monoisotopic (exact) mass is 299 g/mol. The third-order valence-electron chi connectivity index (χ3n) is 5.94. The van der Waals surface area contributed by atoms with Gasteiger partial charge in [-0.1, -0.05) is 30.3 Å². The van der Waals surface area contributed by atoms with Crippen molar-refractivity contribution in [2.24, 2.45) is 5.73 Å². The van der Waals surface area contributed by atoms with E-state index in [-0.39, 0.29) is 0 Å². The Kier molecular flexibility index (Phi) is 4.21. The molecule has 0 spiro atoms. The standard InChI is InChI=1S/C19H29N3/c20-15-10-11-22(13-15)17-8-6-16(7-9-17)21-19-12-18(19)14-4-2-1-3-5-14/h1-5,15-19,21H,6-13,20H2/t15-,16?,17?,18+,19-/m0/s1.